The number of carbonyl (C=O) groups is 1. The first kappa shape index (κ1) is 13.1. The first-order valence-electron chi connectivity index (χ1n) is 5.50. The average Bonchev–Trinajstić information content (AvgIpc) is 2.73. The van der Waals surface area contributed by atoms with Crippen LogP contribution < -0.4 is 4.90 Å². The molecular formula is C12H10F2N2O3. The zero-order valence-electron chi connectivity index (χ0n) is 9.81. The molecule has 0 N–H and O–H groups in total. The molecule has 0 spiro atoms. The number of hydrogen-bond acceptors (Lipinski definition) is 3. The van der Waals surface area contributed by atoms with Crippen molar-refractivity contribution in [1.29, 1.82) is 0 Å². The van der Waals surface area contributed by atoms with Gasteiger partial charge in [-0.3, -0.25) is 14.9 Å². The second kappa shape index (κ2) is 4.75. The van der Waals surface area contributed by atoms with Crippen molar-refractivity contribution in [3.63, 3.8) is 0 Å². The van der Waals surface area contributed by atoms with Crippen molar-refractivity contribution in [3.05, 3.63) is 46.5 Å². The number of amides is 1. The Morgan fingerprint density at radius 1 is 1.42 bits per heavy atom. The summed E-state index contributed by atoms with van der Waals surface area (Å²) >= 11 is 0. The largest absolute Gasteiger partial charge is 0.306 e. The number of benzene rings is 1. The Morgan fingerprint density at radius 2 is 2.05 bits per heavy atom. The molecule has 0 aromatic heterocycles. The van der Waals surface area contributed by atoms with Crippen LogP contribution in [0.1, 0.15) is 6.42 Å². The molecule has 1 unspecified atom stereocenters. The zero-order chi connectivity index (χ0) is 14.2. The number of hydrogen-bond donors (Lipinski definition) is 0. The monoisotopic (exact) mass is 268 g/mol. The minimum Gasteiger partial charge on any atom is -0.306 e. The van der Waals surface area contributed by atoms with Crippen LogP contribution in [0.3, 0.4) is 0 Å². The molecule has 1 aliphatic rings. The van der Waals surface area contributed by atoms with Gasteiger partial charge in [-0.2, -0.15) is 0 Å². The molecule has 1 aromatic carbocycles. The fraction of sp³-hybridized carbons (Fsp3) is 0.250. The third-order valence-corrected chi connectivity index (χ3v) is 2.99. The van der Waals surface area contributed by atoms with Crippen LogP contribution in [0.4, 0.5) is 20.2 Å². The molecule has 1 aliphatic heterocycles. The third-order valence-electron chi connectivity index (χ3n) is 2.99. The first-order chi connectivity index (χ1) is 8.93. The third kappa shape index (κ3) is 2.31. The smallest absolute Gasteiger partial charge is 0.296 e. The van der Waals surface area contributed by atoms with Gasteiger partial charge in [0.05, 0.1) is 11.0 Å². The van der Waals surface area contributed by atoms with Crippen LogP contribution in [0.5, 0.6) is 0 Å². The lowest BCUT2D eigenvalue weighted by Crippen LogP contribution is -2.25. The lowest BCUT2D eigenvalue weighted by molar-refractivity contribution is -0.384. The van der Waals surface area contributed by atoms with Crippen LogP contribution in [0, 0.1) is 27.7 Å². The average molecular weight is 268 g/mol. The summed E-state index contributed by atoms with van der Waals surface area (Å²) < 4.78 is 26.3. The molecule has 0 saturated carbocycles. The summed E-state index contributed by atoms with van der Waals surface area (Å²) in [6.45, 7) is 3.72. The number of halogens is 2. The summed E-state index contributed by atoms with van der Waals surface area (Å²) in [6, 6.07) is 1.16. The van der Waals surface area contributed by atoms with Gasteiger partial charge in [0.1, 0.15) is 5.69 Å². The molecule has 2 rings (SSSR count). The highest BCUT2D eigenvalue weighted by atomic mass is 19.2. The minimum atomic E-state index is -1.32. The van der Waals surface area contributed by atoms with Crippen LogP contribution in [-0.4, -0.2) is 17.4 Å². The second-order valence-corrected chi connectivity index (χ2v) is 4.22. The summed E-state index contributed by atoms with van der Waals surface area (Å²) in [4.78, 5) is 22.9. The van der Waals surface area contributed by atoms with Crippen molar-refractivity contribution < 1.29 is 18.5 Å². The molecule has 19 heavy (non-hydrogen) atoms. The van der Waals surface area contributed by atoms with Crippen molar-refractivity contribution in [2.75, 3.05) is 11.4 Å². The Bertz CT molecular complexity index is 574. The molecule has 1 heterocycles. The lowest BCUT2D eigenvalue weighted by atomic mass is 10.1. The number of nitro benzene ring substituents is 1. The van der Waals surface area contributed by atoms with Gasteiger partial charge in [0.25, 0.3) is 5.69 Å². The van der Waals surface area contributed by atoms with E-state index in [2.05, 4.69) is 6.58 Å². The Kier molecular flexibility index (Phi) is 3.28. The van der Waals surface area contributed by atoms with E-state index < -0.39 is 22.2 Å². The number of rotatable bonds is 3. The van der Waals surface area contributed by atoms with Gasteiger partial charge < -0.3 is 4.90 Å². The van der Waals surface area contributed by atoms with E-state index in [4.69, 9.17) is 0 Å². The van der Waals surface area contributed by atoms with E-state index in [9.17, 15) is 23.7 Å². The molecule has 5 nitrogen and oxygen atoms in total. The van der Waals surface area contributed by atoms with E-state index in [1.165, 1.54) is 0 Å². The maximum Gasteiger partial charge on any atom is 0.296 e. The molecule has 1 atom stereocenters. The van der Waals surface area contributed by atoms with Gasteiger partial charge in [-0.25, -0.2) is 8.78 Å². The predicted octanol–water partition coefficient (Wildman–Crippen LogP) is 2.41. The van der Waals surface area contributed by atoms with Crippen LogP contribution in [0.25, 0.3) is 0 Å². The molecule has 7 heteroatoms. The second-order valence-electron chi connectivity index (χ2n) is 4.22. The lowest BCUT2D eigenvalue weighted by Gasteiger charge is -2.16. The Labute approximate surface area is 107 Å². The van der Waals surface area contributed by atoms with E-state index in [-0.39, 0.29) is 30.5 Å². The van der Waals surface area contributed by atoms with Crippen LogP contribution in [-0.2, 0) is 4.79 Å². The van der Waals surface area contributed by atoms with Gasteiger partial charge >= 0.3 is 0 Å². The fourth-order valence-corrected chi connectivity index (χ4v) is 2.01. The molecule has 1 amide bonds. The topological polar surface area (TPSA) is 63.5 Å². The summed E-state index contributed by atoms with van der Waals surface area (Å²) in [6.07, 6.45) is 1.71. The molecule has 1 saturated heterocycles. The maximum absolute atomic E-state index is 13.2. The fourth-order valence-electron chi connectivity index (χ4n) is 2.01. The van der Waals surface area contributed by atoms with Crippen LogP contribution in [0.15, 0.2) is 24.8 Å². The standard InChI is InChI=1S/C12H10F2N2O3/c1-2-7-3-12(17)15(6-7)10-4-8(13)9(14)5-11(10)16(18)19/h2,4-5,7H,1,3,6H2. The van der Waals surface area contributed by atoms with Crippen molar-refractivity contribution >= 4 is 17.3 Å². The van der Waals surface area contributed by atoms with Crippen molar-refractivity contribution in [1.82, 2.24) is 0 Å². The molecule has 1 fully saturated rings. The summed E-state index contributed by atoms with van der Waals surface area (Å²) in [5.41, 5.74) is -0.852. The summed E-state index contributed by atoms with van der Waals surface area (Å²) in [7, 11) is 0. The highest BCUT2D eigenvalue weighted by molar-refractivity contribution is 5.98. The van der Waals surface area contributed by atoms with E-state index >= 15 is 0 Å². The molecular weight excluding hydrogens is 258 g/mol. The zero-order valence-corrected chi connectivity index (χ0v) is 9.81. The molecule has 0 bridgehead atoms. The van der Waals surface area contributed by atoms with Gasteiger partial charge in [-0.15, -0.1) is 6.58 Å². The highest BCUT2D eigenvalue weighted by Gasteiger charge is 2.33. The summed E-state index contributed by atoms with van der Waals surface area (Å²) in [5.74, 6) is -3.07. The maximum atomic E-state index is 13.2. The molecule has 0 aliphatic carbocycles. The van der Waals surface area contributed by atoms with Gasteiger partial charge in [0, 0.05) is 24.9 Å². The molecule has 1 aromatic rings. The first-order valence-corrected chi connectivity index (χ1v) is 5.50. The van der Waals surface area contributed by atoms with E-state index in [0.717, 1.165) is 4.90 Å². The molecule has 100 valence electrons. The highest BCUT2D eigenvalue weighted by Crippen LogP contribution is 2.34. The number of nitro groups is 1. The van der Waals surface area contributed by atoms with Crippen LogP contribution in [0.2, 0.25) is 0 Å². The SMILES string of the molecule is C=CC1CC(=O)N(c2cc(F)c(F)cc2[N+](=O)[O-])C1. The van der Waals surface area contributed by atoms with Crippen LogP contribution >= 0.6 is 0 Å². The number of anilines is 1. The van der Waals surface area contributed by atoms with E-state index in [1.807, 2.05) is 0 Å². The van der Waals surface area contributed by atoms with Crippen molar-refractivity contribution in [2.45, 2.75) is 6.42 Å². The van der Waals surface area contributed by atoms with Crippen molar-refractivity contribution in [2.24, 2.45) is 5.92 Å². The van der Waals surface area contributed by atoms with E-state index in [0.29, 0.717) is 12.1 Å². The van der Waals surface area contributed by atoms with Crippen molar-refractivity contribution in [3.8, 4) is 0 Å². The van der Waals surface area contributed by atoms with Gasteiger partial charge in [0.2, 0.25) is 5.91 Å². The number of nitrogens with zero attached hydrogens (tertiary/aromatic N) is 2. The number of carbonyl (C=O) groups excluding carboxylic acids is 1. The Morgan fingerprint density at radius 3 is 2.58 bits per heavy atom. The predicted molar refractivity (Wildman–Crippen MR) is 63.7 cm³/mol. The minimum absolute atomic E-state index is 0.152. The molecule has 0 radical (unpaired) electrons. The Hall–Kier alpha value is -2.31. The quantitative estimate of drug-likeness (QED) is 0.480. The van der Waals surface area contributed by atoms with Gasteiger partial charge in [0.15, 0.2) is 11.6 Å². The van der Waals surface area contributed by atoms with Gasteiger partial charge in [-0.1, -0.05) is 6.08 Å². The van der Waals surface area contributed by atoms with E-state index in [1.54, 1.807) is 6.08 Å². The normalized spacial score (nSPS) is 18.7. The Balaban J connectivity index is 2.50. The summed E-state index contributed by atoms with van der Waals surface area (Å²) in [5, 5.41) is 10.9. The van der Waals surface area contributed by atoms with Gasteiger partial charge in [-0.05, 0) is 0 Å².